The normalized spacial score (nSPS) is 14.1. The van der Waals surface area contributed by atoms with Crippen molar-refractivity contribution in [2.75, 3.05) is 0 Å². The number of hydrogen-bond donors (Lipinski definition) is 1. The summed E-state index contributed by atoms with van der Waals surface area (Å²) in [5, 5.41) is 0. The van der Waals surface area contributed by atoms with Gasteiger partial charge in [0, 0.05) is 6.04 Å². The van der Waals surface area contributed by atoms with Crippen LogP contribution in [-0.4, -0.2) is 0 Å². The molecule has 1 atom stereocenters. The topological polar surface area (TPSA) is 26.0 Å². The van der Waals surface area contributed by atoms with Gasteiger partial charge < -0.3 is 5.73 Å². The fraction of sp³-hybridized carbons (Fsp3) is 0.625. The van der Waals surface area contributed by atoms with E-state index in [2.05, 4.69) is 58.9 Å². The zero-order chi connectivity index (χ0) is 13.1. The van der Waals surface area contributed by atoms with E-state index < -0.39 is 0 Å². The van der Waals surface area contributed by atoms with Crippen LogP contribution in [0.25, 0.3) is 0 Å². The van der Waals surface area contributed by atoms with Crippen LogP contribution in [0.1, 0.15) is 58.2 Å². The smallest absolute Gasteiger partial charge is 0.0299 e. The van der Waals surface area contributed by atoms with E-state index in [1.807, 2.05) is 0 Å². The van der Waals surface area contributed by atoms with E-state index in [0.29, 0.717) is 5.92 Å². The second-order valence-corrected chi connectivity index (χ2v) is 6.71. The van der Waals surface area contributed by atoms with Crippen molar-refractivity contribution < 1.29 is 0 Å². The Morgan fingerprint density at radius 3 is 2.00 bits per heavy atom. The summed E-state index contributed by atoms with van der Waals surface area (Å²) in [6.45, 7) is 11.2. The van der Waals surface area contributed by atoms with Gasteiger partial charge in [0.1, 0.15) is 0 Å². The Labute approximate surface area is 106 Å². The lowest BCUT2D eigenvalue weighted by atomic mass is 9.85. The van der Waals surface area contributed by atoms with Gasteiger partial charge in [-0.2, -0.15) is 0 Å². The Balaban J connectivity index is 2.67. The largest absolute Gasteiger partial charge is 0.324 e. The average Bonchev–Trinajstić information content (AvgIpc) is 2.15. The lowest BCUT2D eigenvalue weighted by molar-refractivity contribution is 0.343. The van der Waals surface area contributed by atoms with Gasteiger partial charge in [-0.05, 0) is 35.3 Å². The maximum atomic E-state index is 6.23. The molecule has 2 N–H and O–H groups in total. The van der Waals surface area contributed by atoms with Crippen molar-refractivity contribution in [2.24, 2.45) is 17.1 Å². The molecule has 1 heteroatoms. The summed E-state index contributed by atoms with van der Waals surface area (Å²) in [5.74, 6) is 0.712. The van der Waals surface area contributed by atoms with Crippen molar-refractivity contribution in [3.63, 3.8) is 0 Å². The zero-order valence-electron chi connectivity index (χ0n) is 12.0. The number of rotatable bonds is 4. The molecular weight excluding hydrogens is 206 g/mol. The van der Waals surface area contributed by atoms with Crippen LogP contribution in [-0.2, 0) is 6.42 Å². The molecule has 0 aliphatic heterocycles. The zero-order valence-corrected chi connectivity index (χ0v) is 12.0. The monoisotopic (exact) mass is 233 g/mol. The van der Waals surface area contributed by atoms with Gasteiger partial charge in [0.15, 0.2) is 0 Å². The first-order valence-electron chi connectivity index (χ1n) is 6.62. The first-order chi connectivity index (χ1) is 7.78. The SMILES string of the molecule is CC(C)Cc1ccc(C(N)CC(C)(C)C)cc1. The third kappa shape index (κ3) is 5.36. The lowest BCUT2D eigenvalue weighted by Crippen LogP contribution is -2.18. The molecule has 17 heavy (non-hydrogen) atoms. The minimum atomic E-state index is 0.156. The Kier molecular flexibility index (Phi) is 4.76. The molecule has 0 aliphatic rings. The van der Waals surface area contributed by atoms with Crippen molar-refractivity contribution >= 4 is 0 Å². The van der Waals surface area contributed by atoms with Crippen LogP contribution in [0.3, 0.4) is 0 Å². The van der Waals surface area contributed by atoms with Gasteiger partial charge in [0.05, 0.1) is 0 Å². The fourth-order valence-corrected chi connectivity index (χ4v) is 2.15. The summed E-state index contributed by atoms with van der Waals surface area (Å²) < 4.78 is 0. The van der Waals surface area contributed by atoms with E-state index in [4.69, 9.17) is 5.73 Å². The van der Waals surface area contributed by atoms with Gasteiger partial charge in [-0.1, -0.05) is 58.9 Å². The van der Waals surface area contributed by atoms with Crippen LogP contribution < -0.4 is 5.73 Å². The van der Waals surface area contributed by atoms with E-state index in [0.717, 1.165) is 12.8 Å². The third-order valence-corrected chi connectivity index (χ3v) is 2.88. The van der Waals surface area contributed by atoms with Crippen LogP contribution >= 0.6 is 0 Å². The summed E-state index contributed by atoms with van der Waals surface area (Å²) in [6.07, 6.45) is 2.17. The molecule has 1 rings (SSSR count). The first kappa shape index (κ1) is 14.2. The Hall–Kier alpha value is -0.820. The summed E-state index contributed by atoms with van der Waals surface area (Å²) in [7, 11) is 0. The van der Waals surface area contributed by atoms with E-state index >= 15 is 0 Å². The highest BCUT2D eigenvalue weighted by Gasteiger charge is 2.16. The fourth-order valence-electron chi connectivity index (χ4n) is 2.15. The van der Waals surface area contributed by atoms with Gasteiger partial charge in [0.2, 0.25) is 0 Å². The van der Waals surface area contributed by atoms with E-state index in [1.165, 1.54) is 11.1 Å². The minimum Gasteiger partial charge on any atom is -0.324 e. The second kappa shape index (κ2) is 5.68. The summed E-state index contributed by atoms with van der Waals surface area (Å²) in [4.78, 5) is 0. The summed E-state index contributed by atoms with van der Waals surface area (Å²) in [6, 6.07) is 8.97. The van der Waals surface area contributed by atoms with Gasteiger partial charge in [-0.25, -0.2) is 0 Å². The van der Waals surface area contributed by atoms with E-state index in [-0.39, 0.29) is 11.5 Å². The molecule has 1 aromatic carbocycles. The Morgan fingerprint density at radius 2 is 1.59 bits per heavy atom. The van der Waals surface area contributed by atoms with E-state index in [9.17, 15) is 0 Å². The molecule has 0 radical (unpaired) electrons. The first-order valence-corrected chi connectivity index (χ1v) is 6.62. The highest BCUT2D eigenvalue weighted by molar-refractivity contribution is 5.25. The number of hydrogen-bond acceptors (Lipinski definition) is 1. The molecule has 0 spiro atoms. The predicted molar refractivity (Wildman–Crippen MR) is 76.0 cm³/mol. The molecule has 1 unspecified atom stereocenters. The van der Waals surface area contributed by atoms with Gasteiger partial charge >= 0.3 is 0 Å². The molecule has 0 heterocycles. The van der Waals surface area contributed by atoms with Crippen molar-refractivity contribution in [1.82, 2.24) is 0 Å². The van der Waals surface area contributed by atoms with Crippen LogP contribution in [0, 0.1) is 11.3 Å². The molecule has 0 saturated heterocycles. The van der Waals surface area contributed by atoms with Gasteiger partial charge in [0.25, 0.3) is 0 Å². The van der Waals surface area contributed by atoms with Crippen LogP contribution in [0.4, 0.5) is 0 Å². The molecule has 0 saturated carbocycles. The molecule has 1 aromatic rings. The number of nitrogens with two attached hydrogens (primary N) is 1. The van der Waals surface area contributed by atoms with Crippen LogP contribution in [0.2, 0.25) is 0 Å². The summed E-state index contributed by atoms with van der Waals surface area (Å²) >= 11 is 0. The van der Waals surface area contributed by atoms with Crippen molar-refractivity contribution in [1.29, 1.82) is 0 Å². The number of benzene rings is 1. The van der Waals surface area contributed by atoms with Crippen LogP contribution in [0.5, 0.6) is 0 Å². The Morgan fingerprint density at radius 1 is 1.06 bits per heavy atom. The van der Waals surface area contributed by atoms with E-state index in [1.54, 1.807) is 0 Å². The van der Waals surface area contributed by atoms with Gasteiger partial charge in [-0.15, -0.1) is 0 Å². The lowest BCUT2D eigenvalue weighted by Gasteiger charge is -2.23. The Bertz CT molecular complexity index is 330. The van der Waals surface area contributed by atoms with Crippen molar-refractivity contribution in [2.45, 2.75) is 53.5 Å². The highest BCUT2D eigenvalue weighted by Crippen LogP contribution is 2.27. The minimum absolute atomic E-state index is 0.156. The maximum Gasteiger partial charge on any atom is 0.0299 e. The molecule has 96 valence electrons. The maximum absolute atomic E-state index is 6.23. The van der Waals surface area contributed by atoms with Crippen LogP contribution in [0.15, 0.2) is 24.3 Å². The molecule has 0 aromatic heterocycles. The predicted octanol–water partition coefficient (Wildman–Crippen LogP) is 4.32. The molecule has 0 fully saturated rings. The molecule has 0 amide bonds. The van der Waals surface area contributed by atoms with Crippen molar-refractivity contribution in [3.8, 4) is 0 Å². The average molecular weight is 233 g/mol. The molecule has 0 bridgehead atoms. The molecule has 0 aliphatic carbocycles. The molecular formula is C16H27N. The standard InChI is InChI=1S/C16H27N/c1-12(2)10-13-6-8-14(9-7-13)15(17)11-16(3,4)5/h6-9,12,15H,10-11,17H2,1-5H3. The van der Waals surface area contributed by atoms with Crippen molar-refractivity contribution in [3.05, 3.63) is 35.4 Å². The molecule has 1 nitrogen and oxygen atoms in total. The third-order valence-electron chi connectivity index (χ3n) is 2.88. The summed E-state index contributed by atoms with van der Waals surface area (Å²) in [5.41, 5.74) is 9.19. The highest BCUT2D eigenvalue weighted by atomic mass is 14.6. The quantitative estimate of drug-likeness (QED) is 0.823. The van der Waals surface area contributed by atoms with Gasteiger partial charge in [-0.3, -0.25) is 0 Å². The second-order valence-electron chi connectivity index (χ2n) is 6.71.